The molecule has 5 rings (SSSR count). The number of carbonyl (C=O) groups excluding carboxylic acids is 1. The molecule has 0 bridgehead atoms. The van der Waals surface area contributed by atoms with Gasteiger partial charge >= 0.3 is 0 Å². The molecule has 7 heteroatoms. The molecule has 0 fully saturated rings. The number of fused-ring (bicyclic) bond motifs is 6. The predicted octanol–water partition coefficient (Wildman–Crippen LogP) is 5.72. The van der Waals surface area contributed by atoms with Gasteiger partial charge in [-0.25, -0.2) is 4.98 Å². The van der Waals surface area contributed by atoms with Crippen molar-refractivity contribution in [2.75, 3.05) is 11.1 Å². The van der Waals surface area contributed by atoms with Crippen molar-refractivity contribution in [2.45, 2.75) is 5.16 Å². The number of hydrogen-bond acceptors (Lipinski definition) is 5. The summed E-state index contributed by atoms with van der Waals surface area (Å²) in [5, 5.41) is 16.7. The molecule has 1 heterocycles. The van der Waals surface area contributed by atoms with Crippen LogP contribution < -0.4 is 5.32 Å². The van der Waals surface area contributed by atoms with Crippen LogP contribution in [0.25, 0.3) is 32.6 Å². The van der Waals surface area contributed by atoms with E-state index >= 15 is 0 Å². The second-order valence-electron chi connectivity index (χ2n) is 6.70. The minimum Gasteiger partial charge on any atom is -0.324 e. The number of benzene rings is 4. The van der Waals surface area contributed by atoms with Crippen molar-refractivity contribution in [3.8, 4) is 0 Å². The van der Waals surface area contributed by atoms with E-state index in [2.05, 4.69) is 27.6 Å². The van der Waals surface area contributed by atoms with Crippen LogP contribution in [-0.4, -0.2) is 26.8 Å². The SMILES string of the molecule is O=C(CSc1nnc2c3ccccc3c3ccccc3c2n1)Nc1ccccc1Cl. The van der Waals surface area contributed by atoms with Gasteiger partial charge in [0.1, 0.15) is 11.0 Å². The molecule has 0 unspecified atom stereocenters. The molecule has 1 aromatic heterocycles. The Morgan fingerprint density at radius 2 is 1.40 bits per heavy atom. The third-order valence-corrected chi connectivity index (χ3v) is 5.97. The van der Waals surface area contributed by atoms with Crippen molar-refractivity contribution < 1.29 is 4.79 Å². The van der Waals surface area contributed by atoms with Gasteiger partial charge < -0.3 is 5.32 Å². The van der Waals surface area contributed by atoms with Crippen LogP contribution in [0, 0.1) is 0 Å². The smallest absolute Gasteiger partial charge is 0.234 e. The Hall–Kier alpha value is -3.22. The molecule has 0 spiro atoms. The van der Waals surface area contributed by atoms with E-state index in [4.69, 9.17) is 16.6 Å². The lowest BCUT2D eigenvalue weighted by atomic mass is 10.00. The summed E-state index contributed by atoms with van der Waals surface area (Å²) >= 11 is 7.34. The lowest BCUT2D eigenvalue weighted by Gasteiger charge is -2.09. The van der Waals surface area contributed by atoms with Crippen LogP contribution in [0.1, 0.15) is 0 Å². The summed E-state index contributed by atoms with van der Waals surface area (Å²) < 4.78 is 0. The van der Waals surface area contributed by atoms with Gasteiger partial charge in [0.25, 0.3) is 0 Å². The van der Waals surface area contributed by atoms with Crippen LogP contribution in [0.3, 0.4) is 0 Å². The Bertz CT molecular complexity index is 1390. The van der Waals surface area contributed by atoms with E-state index < -0.39 is 0 Å². The number of rotatable bonds is 4. The highest BCUT2D eigenvalue weighted by Crippen LogP contribution is 2.33. The first-order valence-corrected chi connectivity index (χ1v) is 10.7. The van der Waals surface area contributed by atoms with Gasteiger partial charge in [0.05, 0.1) is 16.5 Å². The number of para-hydroxylation sites is 1. The summed E-state index contributed by atoms with van der Waals surface area (Å²) in [6, 6.07) is 23.4. The molecule has 0 saturated heterocycles. The average molecular weight is 431 g/mol. The van der Waals surface area contributed by atoms with Gasteiger partial charge in [-0.15, -0.1) is 10.2 Å². The third kappa shape index (κ3) is 3.44. The highest BCUT2D eigenvalue weighted by molar-refractivity contribution is 7.99. The number of thioether (sulfide) groups is 1. The van der Waals surface area contributed by atoms with Gasteiger partial charge in [-0.05, 0) is 22.9 Å². The van der Waals surface area contributed by atoms with Gasteiger partial charge in [0.15, 0.2) is 0 Å². The van der Waals surface area contributed by atoms with Crippen LogP contribution in [0.15, 0.2) is 78.0 Å². The third-order valence-electron chi connectivity index (χ3n) is 4.80. The van der Waals surface area contributed by atoms with Crippen molar-refractivity contribution >= 4 is 67.5 Å². The first kappa shape index (κ1) is 18.8. The molecule has 0 aliphatic carbocycles. The highest BCUT2D eigenvalue weighted by atomic mass is 35.5. The Morgan fingerprint density at radius 3 is 2.10 bits per heavy atom. The molecule has 0 atom stereocenters. The maximum absolute atomic E-state index is 12.3. The molecule has 146 valence electrons. The first-order valence-electron chi connectivity index (χ1n) is 9.32. The Morgan fingerprint density at radius 1 is 0.800 bits per heavy atom. The number of nitrogens with one attached hydrogen (secondary N) is 1. The standard InChI is InChI=1S/C23H15ClN4OS/c24-18-11-5-6-12-19(18)25-20(29)13-30-23-26-21-16-9-3-1-7-14(16)15-8-2-4-10-17(15)22(21)27-28-23/h1-12H,13H2,(H,25,29). The lowest BCUT2D eigenvalue weighted by Crippen LogP contribution is -2.14. The zero-order chi connectivity index (χ0) is 20.5. The van der Waals surface area contributed by atoms with Gasteiger partial charge in [-0.2, -0.15) is 0 Å². The number of aromatic nitrogens is 3. The van der Waals surface area contributed by atoms with Gasteiger partial charge in [-0.1, -0.05) is 84.0 Å². The fourth-order valence-corrected chi connectivity index (χ4v) is 4.24. The Balaban J connectivity index is 1.48. The molecular weight excluding hydrogens is 416 g/mol. The minimum atomic E-state index is -0.180. The van der Waals surface area contributed by atoms with Crippen LogP contribution in [0.2, 0.25) is 5.02 Å². The van der Waals surface area contributed by atoms with E-state index in [0.29, 0.717) is 15.9 Å². The largest absolute Gasteiger partial charge is 0.324 e. The monoisotopic (exact) mass is 430 g/mol. The zero-order valence-electron chi connectivity index (χ0n) is 15.7. The predicted molar refractivity (Wildman–Crippen MR) is 123 cm³/mol. The number of halogens is 1. The van der Waals surface area contributed by atoms with E-state index in [1.807, 2.05) is 48.5 Å². The molecule has 0 aliphatic heterocycles. The maximum atomic E-state index is 12.3. The number of hydrogen-bond donors (Lipinski definition) is 1. The van der Waals surface area contributed by atoms with Gasteiger partial charge in [0, 0.05) is 10.8 Å². The summed E-state index contributed by atoms with van der Waals surface area (Å²) in [4.78, 5) is 17.1. The summed E-state index contributed by atoms with van der Waals surface area (Å²) in [7, 11) is 0. The molecule has 1 amide bonds. The van der Waals surface area contributed by atoms with Crippen molar-refractivity contribution in [3.63, 3.8) is 0 Å². The van der Waals surface area contributed by atoms with E-state index in [1.54, 1.807) is 12.1 Å². The first-order chi connectivity index (χ1) is 14.7. The van der Waals surface area contributed by atoms with Crippen molar-refractivity contribution in [1.82, 2.24) is 15.2 Å². The van der Waals surface area contributed by atoms with Gasteiger partial charge in [0.2, 0.25) is 11.1 Å². The van der Waals surface area contributed by atoms with Crippen LogP contribution in [-0.2, 0) is 4.79 Å². The number of carbonyl (C=O) groups is 1. The molecule has 5 aromatic rings. The van der Waals surface area contributed by atoms with E-state index in [1.165, 1.54) is 11.8 Å². The van der Waals surface area contributed by atoms with E-state index in [9.17, 15) is 4.79 Å². The average Bonchev–Trinajstić information content (AvgIpc) is 2.79. The molecule has 1 N–H and O–H groups in total. The molecule has 0 aliphatic rings. The second kappa shape index (κ2) is 7.89. The summed E-state index contributed by atoms with van der Waals surface area (Å²) in [6.45, 7) is 0. The van der Waals surface area contributed by atoms with Crippen molar-refractivity contribution in [2.24, 2.45) is 0 Å². The summed E-state index contributed by atoms with van der Waals surface area (Å²) in [5.41, 5.74) is 2.13. The fourth-order valence-electron chi connectivity index (χ4n) is 3.47. The van der Waals surface area contributed by atoms with Gasteiger partial charge in [-0.3, -0.25) is 4.79 Å². The van der Waals surface area contributed by atoms with Crippen LogP contribution >= 0.6 is 23.4 Å². The van der Waals surface area contributed by atoms with E-state index in [0.717, 1.165) is 32.6 Å². The molecule has 0 radical (unpaired) electrons. The zero-order valence-corrected chi connectivity index (χ0v) is 17.2. The molecule has 30 heavy (non-hydrogen) atoms. The number of amides is 1. The molecule has 5 nitrogen and oxygen atoms in total. The highest BCUT2D eigenvalue weighted by Gasteiger charge is 2.13. The quantitative estimate of drug-likeness (QED) is 0.292. The summed E-state index contributed by atoms with van der Waals surface area (Å²) in [6.07, 6.45) is 0. The maximum Gasteiger partial charge on any atom is 0.234 e. The Kier molecular flexibility index (Phi) is 4.94. The minimum absolute atomic E-state index is 0.157. The normalized spacial score (nSPS) is 11.2. The summed E-state index contributed by atoms with van der Waals surface area (Å²) in [5.74, 6) is -0.0237. The fraction of sp³-hybridized carbons (Fsp3) is 0.0435. The number of anilines is 1. The molecule has 4 aromatic carbocycles. The van der Waals surface area contributed by atoms with Crippen LogP contribution in [0.5, 0.6) is 0 Å². The second-order valence-corrected chi connectivity index (χ2v) is 8.05. The van der Waals surface area contributed by atoms with E-state index in [-0.39, 0.29) is 11.7 Å². The topological polar surface area (TPSA) is 67.8 Å². The van der Waals surface area contributed by atoms with Crippen molar-refractivity contribution in [3.05, 3.63) is 77.8 Å². The lowest BCUT2D eigenvalue weighted by molar-refractivity contribution is -0.113. The number of nitrogens with zero attached hydrogens (tertiary/aromatic N) is 3. The molecular formula is C23H15ClN4OS. The van der Waals surface area contributed by atoms with Crippen LogP contribution in [0.4, 0.5) is 5.69 Å². The Labute approximate surface area is 181 Å². The molecule has 0 saturated carbocycles. The van der Waals surface area contributed by atoms with Crippen molar-refractivity contribution in [1.29, 1.82) is 0 Å².